The van der Waals surface area contributed by atoms with Crippen molar-refractivity contribution in [3.8, 4) is 11.5 Å². The van der Waals surface area contributed by atoms with E-state index in [9.17, 15) is 19.7 Å². The maximum atomic E-state index is 12.5. The number of amides is 3. The number of hydrogen-bond donors (Lipinski definition) is 1. The highest BCUT2D eigenvalue weighted by Gasteiger charge is 2.29. The molecule has 1 aromatic rings. The molecule has 1 aliphatic heterocycles. The highest BCUT2D eigenvalue weighted by atomic mass is 16.6. The maximum absolute atomic E-state index is 12.5. The Morgan fingerprint density at radius 1 is 1.16 bits per heavy atom. The van der Waals surface area contributed by atoms with Gasteiger partial charge in [0.2, 0.25) is 5.91 Å². The van der Waals surface area contributed by atoms with Crippen molar-refractivity contribution in [1.82, 2.24) is 15.1 Å². The van der Waals surface area contributed by atoms with E-state index >= 15 is 0 Å². The van der Waals surface area contributed by atoms with Crippen LogP contribution in [0.1, 0.15) is 32.3 Å². The molecule has 0 aromatic heterocycles. The molecule has 0 aliphatic carbocycles. The molecule has 1 fully saturated rings. The minimum Gasteiger partial charge on any atom is -0.493 e. The minimum atomic E-state index is -0.470. The third-order valence-electron chi connectivity index (χ3n) is 5.65. The van der Waals surface area contributed by atoms with E-state index in [-0.39, 0.29) is 35.8 Å². The maximum Gasteiger partial charge on any atom is 0.319 e. The largest absolute Gasteiger partial charge is 0.493 e. The highest BCUT2D eigenvalue weighted by Crippen LogP contribution is 2.34. The first-order valence-electron chi connectivity index (χ1n) is 10.6. The van der Waals surface area contributed by atoms with E-state index in [4.69, 9.17) is 9.47 Å². The first kappa shape index (κ1) is 24.2. The van der Waals surface area contributed by atoms with Crippen molar-refractivity contribution in [2.75, 3.05) is 46.9 Å². The van der Waals surface area contributed by atoms with Crippen LogP contribution in [0.3, 0.4) is 0 Å². The summed E-state index contributed by atoms with van der Waals surface area (Å²) in [4.78, 5) is 39.5. The highest BCUT2D eigenvalue weighted by molar-refractivity contribution is 5.79. The molecule has 172 valence electrons. The minimum absolute atomic E-state index is 0.0182. The van der Waals surface area contributed by atoms with Crippen molar-refractivity contribution >= 4 is 17.6 Å². The number of nitro groups is 1. The fourth-order valence-corrected chi connectivity index (χ4v) is 3.77. The molecule has 1 aliphatic rings. The molecule has 0 unspecified atom stereocenters. The Morgan fingerprint density at radius 3 is 2.26 bits per heavy atom. The lowest BCUT2D eigenvalue weighted by Crippen LogP contribution is -2.48. The Bertz CT molecular complexity index is 788. The fourth-order valence-electron chi connectivity index (χ4n) is 3.77. The number of benzene rings is 1. The van der Waals surface area contributed by atoms with E-state index in [1.54, 1.807) is 15.9 Å². The van der Waals surface area contributed by atoms with Gasteiger partial charge in [-0.15, -0.1) is 0 Å². The topological polar surface area (TPSA) is 114 Å². The molecule has 3 amide bonds. The van der Waals surface area contributed by atoms with E-state index < -0.39 is 4.92 Å². The van der Waals surface area contributed by atoms with E-state index in [1.807, 2.05) is 13.8 Å². The first-order chi connectivity index (χ1) is 14.9. The second-order valence-electron chi connectivity index (χ2n) is 7.35. The molecular formula is C21H32N4O6. The van der Waals surface area contributed by atoms with Crippen LogP contribution < -0.4 is 14.8 Å². The molecule has 1 aromatic carbocycles. The van der Waals surface area contributed by atoms with Crippen LogP contribution in [0.4, 0.5) is 10.5 Å². The van der Waals surface area contributed by atoms with E-state index in [0.29, 0.717) is 56.8 Å². The average Bonchev–Trinajstić information content (AvgIpc) is 2.79. The van der Waals surface area contributed by atoms with Crippen LogP contribution in [0, 0.1) is 16.0 Å². The summed E-state index contributed by atoms with van der Waals surface area (Å²) in [5.74, 6) is 0.437. The van der Waals surface area contributed by atoms with Gasteiger partial charge in [0.05, 0.1) is 25.2 Å². The summed E-state index contributed by atoms with van der Waals surface area (Å²) in [6, 6.07) is 2.92. The number of nitro benzene ring substituents is 1. The molecule has 1 heterocycles. The molecule has 10 nitrogen and oxygen atoms in total. The van der Waals surface area contributed by atoms with E-state index in [0.717, 1.165) is 0 Å². The number of piperidine rings is 1. The number of likely N-dealkylation sites (tertiary alicyclic amines) is 1. The van der Waals surface area contributed by atoms with Gasteiger partial charge in [-0.3, -0.25) is 14.9 Å². The molecule has 0 saturated carbocycles. The van der Waals surface area contributed by atoms with Gasteiger partial charge in [0.15, 0.2) is 11.5 Å². The number of carbonyl (C=O) groups is 2. The molecule has 0 spiro atoms. The number of carbonyl (C=O) groups excluding carboxylic acids is 2. The van der Waals surface area contributed by atoms with Crippen LogP contribution in [0.2, 0.25) is 0 Å². The van der Waals surface area contributed by atoms with Crippen LogP contribution in [0.5, 0.6) is 11.5 Å². The van der Waals surface area contributed by atoms with Gasteiger partial charge in [-0.1, -0.05) is 0 Å². The Morgan fingerprint density at radius 2 is 1.74 bits per heavy atom. The zero-order valence-electron chi connectivity index (χ0n) is 18.7. The standard InChI is InChI=1S/C21H32N4O6/c1-5-23(6-2)21(27)24-11-8-15(9-12-24)20(26)22-10-7-16-13-18(30-3)19(31-4)14-17(16)25(28)29/h13-15H,5-12H2,1-4H3,(H,22,26). The molecule has 0 atom stereocenters. The monoisotopic (exact) mass is 436 g/mol. The Hall–Kier alpha value is -3.04. The summed E-state index contributed by atoms with van der Waals surface area (Å²) >= 11 is 0. The summed E-state index contributed by atoms with van der Waals surface area (Å²) in [7, 11) is 2.88. The number of nitrogens with zero attached hydrogens (tertiary/aromatic N) is 3. The zero-order valence-corrected chi connectivity index (χ0v) is 18.7. The van der Waals surface area contributed by atoms with Crippen molar-refractivity contribution < 1.29 is 24.0 Å². The summed E-state index contributed by atoms with van der Waals surface area (Å²) in [5.41, 5.74) is 0.387. The van der Waals surface area contributed by atoms with Gasteiger partial charge in [0.1, 0.15) is 0 Å². The zero-order chi connectivity index (χ0) is 23.0. The van der Waals surface area contributed by atoms with Crippen LogP contribution >= 0.6 is 0 Å². The smallest absolute Gasteiger partial charge is 0.319 e. The van der Waals surface area contributed by atoms with Crippen molar-refractivity contribution in [2.45, 2.75) is 33.1 Å². The molecule has 1 N–H and O–H groups in total. The number of hydrogen-bond acceptors (Lipinski definition) is 6. The summed E-state index contributed by atoms with van der Waals surface area (Å²) in [6.45, 7) is 6.60. The van der Waals surface area contributed by atoms with Crippen LogP contribution in [0.25, 0.3) is 0 Å². The Kier molecular flexibility index (Phi) is 8.89. The second-order valence-corrected chi connectivity index (χ2v) is 7.35. The third-order valence-corrected chi connectivity index (χ3v) is 5.65. The lowest BCUT2D eigenvalue weighted by atomic mass is 9.96. The molecule has 31 heavy (non-hydrogen) atoms. The number of ether oxygens (including phenoxy) is 2. The summed E-state index contributed by atoms with van der Waals surface area (Å²) < 4.78 is 10.4. The van der Waals surface area contributed by atoms with Gasteiger partial charge < -0.3 is 24.6 Å². The van der Waals surface area contributed by atoms with Crippen molar-refractivity contribution in [3.63, 3.8) is 0 Å². The molecule has 10 heteroatoms. The molecule has 0 bridgehead atoms. The molecule has 2 rings (SSSR count). The number of nitrogens with one attached hydrogen (secondary N) is 1. The van der Waals surface area contributed by atoms with Gasteiger partial charge >= 0.3 is 6.03 Å². The number of rotatable bonds is 9. The van der Waals surface area contributed by atoms with E-state index in [2.05, 4.69) is 5.32 Å². The lowest BCUT2D eigenvalue weighted by molar-refractivity contribution is -0.385. The number of urea groups is 1. The predicted octanol–water partition coefficient (Wildman–Crippen LogP) is 2.44. The Labute approximate surface area is 182 Å². The predicted molar refractivity (Wildman–Crippen MR) is 116 cm³/mol. The van der Waals surface area contributed by atoms with Gasteiger partial charge in [-0.05, 0) is 39.2 Å². The SMILES string of the molecule is CCN(CC)C(=O)N1CCC(C(=O)NCCc2cc(OC)c(OC)cc2[N+](=O)[O-])CC1. The van der Waals surface area contributed by atoms with Crippen molar-refractivity contribution in [3.05, 3.63) is 27.8 Å². The molecular weight excluding hydrogens is 404 g/mol. The first-order valence-corrected chi connectivity index (χ1v) is 10.6. The van der Waals surface area contributed by atoms with Crippen LogP contribution in [-0.2, 0) is 11.2 Å². The van der Waals surface area contributed by atoms with E-state index in [1.165, 1.54) is 20.3 Å². The molecule has 1 saturated heterocycles. The van der Waals surface area contributed by atoms with Gasteiger partial charge in [-0.2, -0.15) is 0 Å². The van der Waals surface area contributed by atoms with Gasteiger partial charge in [-0.25, -0.2) is 4.79 Å². The van der Waals surface area contributed by atoms with Gasteiger partial charge in [0, 0.05) is 44.2 Å². The average molecular weight is 437 g/mol. The third kappa shape index (κ3) is 5.99. The van der Waals surface area contributed by atoms with Crippen LogP contribution in [0.15, 0.2) is 12.1 Å². The Balaban J connectivity index is 1.90. The van der Waals surface area contributed by atoms with Crippen LogP contribution in [-0.4, -0.2) is 73.6 Å². The van der Waals surface area contributed by atoms with Crippen molar-refractivity contribution in [1.29, 1.82) is 0 Å². The lowest BCUT2D eigenvalue weighted by Gasteiger charge is -2.34. The second kappa shape index (κ2) is 11.4. The summed E-state index contributed by atoms with van der Waals surface area (Å²) in [5, 5.41) is 14.3. The molecule has 0 radical (unpaired) electrons. The normalized spacial score (nSPS) is 14.1. The van der Waals surface area contributed by atoms with Crippen molar-refractivity contribution in [2.24, 2.45) is 5.92 Å². The summed E-state index contributed by atoms with van der Waals surface area (Å²) in [6.07, 6.45) is 1.51. The van der Waals surface area contributed by atoms with Gasteiger partial charge in [0.25, 0.3) is 5.69 Å². The fraction of sp³-hybridized carbons (Fsp3) is 0.619. The number of methoxy groups -OCH3 is 2. The quantitative estimate of drug-likeness (QED) is 0.470.